The minimum Gasteiger partial charge on any atom is -0.480 e. The van der Waals surface area contributed by atoms with E-state index in [1.54, 1.807) is 41.5 Å². The number of carboxylic acids is 1. The van der Waals surface area contributed by atoms with Crippen LogP contribution in [0.3, 0.4) is 0 Å². The molecule has 0 rings (SSSR count). The van der Waals surface area contributed by atoms with E-state index in [2.05, 4.69) is 5.32 Å². The number of carboxylic acid groups (broad SMARTS) is 1. The molecule has 0 aromatic heterocycles. The molecular weight excluding hydrogens is 404 g/mol. The Labute approximate surface area is 185 Å². The van der Waals surface area contributed by atoms with Crippen molar-refractivity contribution in [3.05, 3.63) is 0 Å². The van der Waals surface area contributed by atoms with Crippen molar-refractivity contribution in [2.24, 2.45) is 17.2 Å². The lowest BCUT2D eigenvalue weighted by atomic mass is 10.00. The van der Waals surface area contributed by atoms with E-state index in [0.717, 1.165) is 0 Å². The summed E-state index contributed by atoms with van der Waals surface area (Å²) in [7, 11) is 0. The number of rotatable bonds is 13. The Morgan fingerprint density at radius 3 is 1.61 bits per heavy atom. The van der Waals surface area contributed by atoms with Gasteiger partial charge in [0.2, 0.25) is 0 Å². The number of nitrogens with two attached hydrogens (primary N) is 3. The van der Waals surface area contributed by atoms with Gasteiger partial charge in [0.1, 0.15) is 29.3 Å². The van der Waals surface area contributed by atoms with E-state index >= 15 is 0 Å². The number of esters is 2. The zero-order valence-electron chi connectivity index (χ0n) is 19.8. The molecule has 0 heterocycles. The first-order chi connectivity index (χ1) is 14.0. The normalized spacial score (nSPS) is 16.2. The van der Waals surface area contributed by atoms with E-state index in [-0.39, 0.29) is 19.0 Å². The summed E-state index contributed by atoms with van der Waals surface area (Å²) < 4.78 is 10.4. The summed E-state index contributed by atoms with van der Waals surface area (Å²) in [4.78, 5) is 35.3. The molecule has 0 aliphatic rings. The summed E-state index contributed by atoms with van der Waals surface area (Å²) in [5.74, 6) is -2.01. The van der Waals surface area contributed by atoms with Crippen molar-refractivity contribution in [3.63, 3.8) is 0 Å². The lowest BCUT2D eigenvalue weighted by Crippen LogP contribution is -2.43. The van der Waals surface area contributed by atoms with Crippen molar-refractivity contribution in [2.45, 2.75) is 109 Å². The molecule has 0 radical (unpaired) electrons. The fraction of sp³-hybridized carbons (Fsp3) is 0.857. The fourth-order valence-electron chi connectivity index (χ4n) is 2.64. The first-order valence-corrected chi connectivity index (χ1v) is 10.7. The van der Waals surface area contributed by atoms with E-state index in [1.807, 2.05) is 0 Å². The topological polar surface area (TPSA) is 180 Å². The second-order valence-electron chi connectivity index (χ2n) is 9.83. The largest absolute Gasteiger partial charge is 0.480 e. The van der Waals surface area contributed by atoms with E-state index in [4.69, 9.17) is 26.7 Å². The molecule has 0 aliphatic heterocycles. The van der Waals surface area contributed by atoms with Crippen molar-refractivity contribution in [3.8, 4) is 0 Å². The van der Waals surface area contributed by atoms with Crippen LogP contribution in [-0.4, -0.2) is 64.9 Å². The van der Waals surface area contributed by atoms with Crippen LogP contribution < -0.4 is 22.5 Å². The van der Waals surface area contributed by atoms with Gasteiger partial charge in [-0.1, -0.05) is 0 Å². The summed E-state index contributed by atoms with van der Waals surface area (Å²) in [5.41, 5.74) is 16.5. The van der Waals surface area contributed by atoms with Crippen LogP contribution in [0.1, 0.15) is 73.6 Å². The maximum atomic E-state index is 11.9. The summed E-state index contributed by atoms with van der Waals surface area (Å²) in [5, 5.41) is 12.3. The molecule has 3 unspecified atom stereocenters. The molecule has 0 saturated heterocycles. The van der Waals surface area contributed by atoms with E-state index < -0.39 is 47.2 Å². The minimum absolute atomic E-state index is 0.246. The van der Waals surface area contributed by atoms with Crippen LogP contribution in [0.5, 0.6) is 0 Å². The summed E-state index contributed by atoms with van der Waals surface area (Å²) in [6.07, 6.45) is 1.79. The van der Waals surface area contributed by atoms with Crippen molar-refractivity contribution in [1.29, 1.82) is 0 Å². The predicted molar refractivity (Wildman–Crippen MR) is 118 cm³/mol. The molecule has 8 N–H and O–H groups in total. The molecule has 0 spiro atoms. The fourth-order valence-corrected chi connectivity index (χ4v) is 2.64. The molecule has 182 valence electrons. The lowest BCUT2D eigenvalue weighted by molar-refractivity contribution is -0.157. The smallest absolute Gasteiger partial charge is 0.323 e. The van der Waals surface area contributed by atoms with Crippen molar-refractivity contribution in [1.82, 2.24) is 5.32 Å². The number of hydrogen-bond acceptors (Lipinski definition) is 9. The van der Waals surface area contributed by atoms with Gasteiger partial charge < -0.3 is 37.1 Å². The molecule has 0 aliphatic carbocycles. The second-order valence-corrected chi connectivity index (χ2v) is 9.83. The van der Waals surface area contributed by atoms with Crippen molar-refractivity contribution in [2.75, 3.05) is 6.54 Å². The highest BCUT2D eigenvalue weighted by molar-refractivity contribution is 5.76. The van der Waals surface area contributed by atoms with Crippen LogP contribution >= 0.6 is 0 Å². The second kappa shape index (κ2) is 12.9. The molecule has 10 nitrogen and oxygen atoms in total. The van der Waals surface area contributed by atoms with Crippen LogP contribution in [0.25, 0.3) is 0 Å². The molecule has 0 saturated carbocycles. The third-order valence-electron chi connectivity index (χ3n) is 4.24. The quantitative estimate of drug-likeness (QED) is 0.252. The Bertz CT molecular complexity index is 585. The van der Waals surface area contributed by atoms with Gasteiger partial charge in [-0.3, -0.25) is 14.4 Å². The number of nitrogens with one attached hydrogen (secondary N) is 1. The van der Waals surface area contributed by atoms with Gasteiger partial charge in [-0.05, 0) is 80.2 Å². The third-order valence-corrected chi connectivity index (χ3v) is 4.24. The van der Waals surface area contributed by atoms with Crippen LogP contribution in [0, 0.1) is 0 Å². The molecule has 10 heteroatoms. The number of carbonyl (C=O) groups is 3. The summed E-state index contributed by atoms with van der Waals surface area (Å²) in [6, 6.07) is -2.73. The summed E-state index contributed by atoms with van der Waals surface area (Å²) in [6.45, 7) is 10.8. The number of ether oxygens (including phenoxy) is 2. The Hall–Kier alpha value is -1.75. The first-order valence-electron chi connectivity index (χ1n) is 10.7. The summed E-state index contributed by atoms with van der Waals surface area (Å²) >= 11 is 0. The SMILES string of the molecule is CC(C)(C)OC(=O)C(N)CCN[C@@H](CCC(N)CCC(N)C(=O)OC(C)(C)C)C(=O)O. The van der Waals surface area contributed by atoms with Gasteiger partial charge in [0, 0.05) is 6.04 Å². The van der Waals surface area contributed by atoms with Crippen LogP contribution in [0.4, 0.5) is 0 Å². The zero-order chi connectivity index (χ0) is 24.4. The Morgan fingerprint density at radius 2 is 1.19 bits per heavy atom. The van der Waals surface area contributed by atoms with Crippen LogP contribution in [0.15, 0.2) is 0 Å². The number of carbonyl (C=O) groups excluding carboxylic acids is 2. The lowest BCUT2D eigenvalue weighted by Gasteiger charge is -2.23. The standard InChI is InChI=1S/C21H42N4O6/c1-20(2,3)30-18(28)14(23)9-7-13(22)8-10-16(17(26)27)25-12-11-15(24)19(29)31-21(4,5)6/h13-16,25H,7-12,22-24H2,1-6H3,(H,26,27)/t13?,14?,15?,16-/m0/s1. The predicted octanol–water partition coefficient (Wildman–Crippen LogP) is 0.645. The maximum Gasteiger partial charge on any atom is 0.323 e. The average molecular weight is 447 g/mol. The highest BCUT2D eigenvalue weighted by Gasteiger charge is 2.25. The van der Waals surface area contributed by atoms with Gasteiger partial charge in [-0.25, -0.2) is 0 Å². The Morgan fingerprint density at radius 1 is 0.774 bits per heavy atom. The molecular formula is C21H42N4O6. The van der Waals surface area contributed by atoms with Gasteiger partial charge in [-0.15, -0.1) is 0 Å². The first kappa shape index (κ1) is 29.2. The van der Waals surface area contributed by atoms with Gasteiger partial charge >= 0.3 is 17.9 Å². The Balaban J connectivity index is 4.34. The molecule has 0 bridgehead atoms. The van der Waals surface area contributed by atoms with E-state index in [9.17, 15) is 19.5 Å². The van der Waals surface area contributed by atoms with Crippen molar-refractivity contribution >= 4 is 17.9 Å². The number of aliphatic carboxylic acids is 1. The van der Waals surface area contributed by atoms with Crippen LogP contribution in [0.2, 0.25) is 0 Å². The molecule has 0 aromatic rings. The van der Waals surface area contributed by atoms with Gasteiger partial charge in [-0.2, -0.15) is 0 Å². The van der Waals surface area contributed by atoms with E-state index in [0.29, 0.717) is 25.7 Å². The highest BCUT2D eigenvalue weighted by Crippen LogP contribution is 2.12. The molecule has 31 heavy (non-hydrogen) atoms. The van der Waals surface area contributed by atoms with E-state index in [1.165, 1.54) is 0 Å². The zero-order valence-corrected chi connectivity index (χ0v) is 19.8. The Kier molecular flexibility index (Phi) is 12.2. The van der Waals surface area contributed by atoms with Gasteiger partial charge in [0.05, 0.1) is 0 Å². The molecule has 0 aromatic carbocycles. The number of hydrogen-bond donors (Lipinski definition) is 5. The van der Waals surface area contributed by atoms with Crippen LogP contribution in [-0.2, 0) is 23.9 Å². The van der Waals surface area contributed by atoms with Gasteiger partial charge in [0.15, 0.2) is 0 Å². The minimum atomic E-state index is -1.01. The van der Waals surface area contributed by atoms with Gasteiger partial charge in [0.25, 0.3) is 0 Å². The average Bonchev–Trinajstić information content (AvgIpc) is 2.58. The highest BCUT2D eigenvalue weighted by atomic mass is 16.6. The monoisotopic (exact) mass is 446 g/mol. The maximum absolute atomic E-state index is 11.9. The van der Waals surface area contributed by atoms with Crippen molar-refractivity contribution < 1.29 is 29.0 Å². The molecule has 4 atom stereocenters. The molecule has 0 amide bonds. The molecule has 0 fully saturated rings. The third kappa shape index (κ3) is 14.8.